The summed E-state index contributed by atoms with van der Waals surface area (Å²) in [6.07, 6.45) is 5.48. The summed E-state index contributed by atoms with van der Waals surface area (Å²) in [7, 11) is 0. The zero-order valence-corrected chi connectivity index (χ0v) is 10.9. The van der Waals surface area contributed by atoms with Crippen LogP contribution in [-0.2, 0) is 0 Å². The molecule has 2 aliphatic heterocycles. The van der Waals surface area contributed by atoms with Gasteiger partial charge in [0.25, 0.3) is 0 Å². The summed E-state index contributed by atoms with van der Waals surface area (Å²) in [5, 5.41) is 5.07. The lowest BCUT2D eigenvalue weighted by Gasteiger charge is -2.43. The Morgan fingerprint density at radius 1 is 0.833 bits per heavy atom. The Bertz CT molecular complexity index is 435. The van der Waals surface area contributed by atoms with Crippen LogP contribution in [0, 0.1) is 0 Å². The first-order valence-corrected chi connectivity index (χ1v) is 7.31. The summed E-state index contributed by atoms with van der Waals surface area (Å²) in [6, 6.07) is 9.78. The van der Waals surface area contributed by atoms with Crippen LogP contribution in [0.2, 0.25) is 0 Å². The third-order valence-corrected chi connectivity index (χ3v) is 4.43. The zero-order valence-electron chi connectivity index (χ0n) is 10.9. The lowest BCUT2D eigenvalue weighted by Crippen LogP contribution is -2.49. The van der Waals surface area contributed by atoms with E-state index in [1.54, 1.807) is 0 Å². The molecule has 0 amide bonds. The van der Waals surface area contributed by atoms with Gasteiger partial charge in [0.05, 0.1) is 17.9 Å². The number of fused-ring (bicyclic) bond motifs is 1. The van der Waals surface area contributed by atoms with Crippen LogP contribution in [0.5, 0.6) is 0 Å². The van der Waals surface area contributed by atoms with Crippen LogP contribution in [0.1, 0.15) is 25.7 Å². The minimum Gasteiger partial charge on any atom is -0.365 e. The third kappa shape index (κ3) is 1.69. The fraction of sp³-hybridized carbons (Fsp3) is 0.600. The van der Waals surface area contributed by atoms with Crippen LogP contribution >= 0.6 is 0 Å². The second kappa shape index (κ2) is 4.16. The van der Waals surface area contributed by atoms with E-state index in [9.17, 15) is 0 Å². The molecule has 1 aromatic rings. The quantitative estimate of drug-likeness (QED) is 0.790. The Labute approximate surface area is 109 Å². The van der Waals surface area contributed by atoms with Crippen LogP contribution in [0.25, 0.3) is 0 Å². The number of benzene rings is 1. The standard InChI is InChI=1S/C15H21N3/c1-2-6-15-14(5-1)17(13-7-8-13)11-12-18(15)16-9-3-4-10-16/h1-2,5-6,13H,3-4,7-12H2. The van der Waals surface area contributed by atoms with Crippen molar-refractivity contribution in [2.75, 3.05) is 36.1 Å². The Morgan fingerprint density at radius 2 is 1.56 bits per heavy atom. The first-order chi connectivity index (χ1) is 8.93. The molecular formula is C15H21N3. The molecule has 0 spiro atoms. The first kappa shape index (κ1) is 10.7. The number of anilines is 2. The van der Waals surface area contributed by atoms with Crippen LogP contribution in [0.4, 0.5) is 11.4 Å². The molecule has 96 valence electrons. The normalized spacial score (nSPS) is 24.4. The highest BCUT2D eigenvalue weighted by Crippen LogP contribution is 2.40. The van der Waals surface area contributed by atoms with Crippen LogP contribution in [-0.4, -0.2) is 37.2 Å². The predicted molar refractivity (Wildman–Crippen MR) is 75.0 cm³/mol. The molecule has 3 nitrogen and oxygen atoms in total. The van der Waals surface area contributed by atoms with E-state index >= 15 is 0 Å². The lowest BCUT2D eigenvalue weighted by molar-refractivity contribution is 0.304. The first-order valence-electron chi connectivity index (χ1n) is 7.31. The molecule has 4 rings (SSSR count). The molecule has 0 atom stereocenters. The molecule has 3 heteroatoms. The molecule has 1 saturated heterocycles. The highest BCUT2D eigenvalue weighted by atomic mass is 15.6. The Hall–Kier alpha value is -1.22. The Morgan fingerprint density at radius 3 is 2.28 bits per heavy atom. The molecule has 1 saturated carbocycles. The van der Waals surface area contributed by atoms with Gasteiger partial charge in [0.1, 0.15) is 0 Å². The largest absolute Gasteiger partial charge is 0.365 e. The van der Waals surface area contributed by atoms with Crippen molar-refractivity contribution in [3.8, 4) is 0 Å². The van der Waals surface area contributed by atoms with E-state index < -0.39 is 0 Å². The highest BCUT2D eigenvalue weighted by Gasteiger charge is 2.35. The fourth-order valence-corrected chi connectivity index (χ4v) is 3.37. The number of hydrazine groups is 1. The lowest BCUT2D eigenvalue weighted by atomic mass is 10.2. The average molecular weight is 243 g/mol. The van der Waals surface area contributed by atoms with Gasteiger partial charge in [-0.3, -0.25) is 0 Å². The van der Waals surface area contributed by atoms with Crippen molar-refractivity contribution >= 4 is 11.4 Å². The van der Waals surface area contributed by atoms with Gasteiger partial charge >= 0.3 is 0 Å². The summed E-state index contributed by atoms with van der Waals surface area (Å²) >= 11 is 0. The molecule has 3 aliphatic rings. The minimum absolute atomic E-state index is 0.826. The molecule has 0 N–H and O–H groups in total. The van der Waals surface area contributed by atoms with E-state index in [0.717, 1.165) is 12.6 Å². The van der Waals surface area contributed by atoms with Crippen LogP contribution in [0.15, 0.2) is 24.3 Å². The maximum atomic E-state index is 2.63. The average Bonchev–Trinajstić information content (AvgIpc) is 3.12. The second-order valence-electron chi connectivity index (χ2n) is 5.70. The highest BCUT2D eigenvalue weighted by molar-refractivity contribution is 5.73. The van der Waals surface area contributed by atoms with Crippen LogP contribution < -0.4 is 9.91 Å². The molecule has 18 heavy (non-hydrogen) atoms. The van der Waals surface area contributed by atoms with Gasteiger partial charge in [-0.15, -0.1) is 0 Å². The number of hydrogen-bond donors (Lipinski definition) is 0. The SMILES string of the molecule is c1ccc2c(c1)N(C1CC1)CCN2N1CCCC1. The summed E-state index contributed by atoms with van der Waals surface area (Å²) in [4.78, 5) is 2.63. The van der Waals surface area contributed by atoms with Crippen molar-refractivity contribution in [2.45, 2.75) is 31.7 Å². The van der Waals surface area contributed by atoms with E-state index in [-0.39, 0.29) is 0 Å². The second-order valence-corrected chi connectivity index (χ2v) is 5.70. The van der Waals surface area contributed by atoms with Crippen molar-refractivity contribution < 1.29 is 0 Å². The topological polar surface area (TPSA) is 9.72 Å². The van der Waals surface area contributed by atoms with Gasteiger partial charge in [-0.1, -0.05) is 12.1 Å². The van der Waals surface area contributed by atoms with Gasteiger partial charge in [0.15, 0.2) is 0 Å². The molecule has 1 aromatic carbocycles. The van der Waals surface area contributed by atoms with Crippen LogP contribution in [0.3, 0.4) is 0 Å². The maximum absolute atomic E-state index is 2.63. The molecule has 2 fully saturated rings. The van der Waals surface area contributed by atoms with E-state index in [1.165, 1.54) is 56.7 Å². The van der Waals surface area contributed by atoms with Crippen molar-refractivity contribution in [2.24, 2.45) is 0 Å². The predicted octanol–water partition coefficient (Wildman–Crippen LogP) is 2.49. The summed E-state index contributed by atoms with van der Waals surface area (Å²) < 4.78 is 0. The molecule has 1 aliphatic carbocycles. The van der Waals surface area contributed by atoms with Crippen molar-refractivity contribution in [1.82, 2.24) is 5.01 Å². The van der Waals surface area contributed by atoms with Gasteiger partial charge < -0.3 is 9.91 Å². The number of nitrogens with zero attached hydrogens (tertiary/aromatic N) is 3. The zero-order chi connectivity index (χ0) is 11.9. The molecule has 0 bridgehead atoms. The number of para-hydroxylation sites is 2. The Kier molecular flexibility index (Phi) is 2.47. The fourth-order valence-electron chi connectivity index (χ4n) is 3.37. The molecule has 2 heterocycles. The van der Waals surface area contributed by atoms with Gasteiger partial charge in [-0.25, -0.2) is 5.01 Å². The number of hydrogen-bond acceptors (Lipinski definition) is 3. The number of rotatable bonds is 2. The van der Waals surface area contributed by atoms with E-state index in [2.05, 4.69) is 39.2 Å². The van der Waals surface area contributed by atoms with E-state index in [4.69, 9.17) is 0 Å². The third-order valence-electron chi connectivity index (χ3n) is 4.43. The monoisotopic (exact) mass is 243 g/mol. The van der Waals surface area contributed by atoms with E-state index in [1.807, 2.05) is 0 Å². The maximum Gasteiger partial charge on any atom is 0.0756 e. The molecule has 0 unspecified atom stereocenters. The van der Waals surface area contributed by atoms with Gasteiger partial charge in [-0.05, 0) is 37.8 Å². The van der Waals surface area contributed by atoms with Crippen molar-refractivity contribution in [1.29, 1.82) is 0 Å². The smallest absolute Gasteiger partial charge is 0.0756 e. The summed E-state index contributed by atoms with van der Waals surface area (Å²) in [6.45, 7) is 4.82. The van der Waals surface area contributed by atoms with E-state index in [0.29, 0.717) is 0 Å². The minimum atomic E-state index is 0.826. The Balaban J connectivity index is 1.68. The van der Waals surface area contributed by atoms with Crippen molar-refractivity contribution in [3.05, 3.63) is 24.3 Å². The summed E-state index contributed by atoms with van der Waals surface area (Å²) in [5.74, 6) is 0. The molecule has 0 aromatic heterocycles. The van der Waals surface area contributed by atoms with Gasteiger partial charge in [-0.2, -0.15) is 0 Å². The van der Waals surface area contributed by atoms with Gasteiger partial charge in [0, 0.05) is 25.7 Å². The molecule has 0 radical (unpaired) electrons. The summed E-state index contributed by atoms with van der Waals surface area (Å²) in [5.41, 5.74) is 2.88. The molecular weight excluding hydrogens is 222 g/mol. The van der Waals surface area contributed by atoms with Gasteiger partial charge in [0.2, 0.25) is 0 Å². The van der Waals surface area contributed by atoms with Crippen molar-refractivity contribution in [3.63, 3.8) is 0 Å².